The number of hydrogen-bond donors (Lipinski definition) is 0. The normalized spacial score (nSPS) is 11.6. The molecular weight excluding hydrogens is 712 g/mol. The highest BCUT2D eigenvalue weighted by atomic mass is 35.5. The van der Waals surface area contributed by atoms with Gasteiger partial charge in [-0.25, -0.2) is 9.97 Å². The first-order valence-electron chi connectivity index (χ1n) is 19.3. The summed E-state index contributed by atoms with van der Waals surface area (Å²) in [7, 11) is 0. The number of fused-ring (bicyclic) bond motifs is 6. The summed E-state index contributed by atoms with van der Waals surface area (Å²) in [6, 6.07) is 71.3. The van der Waals surface area contributed by atoms with E-state index in [0.717, 1.165) is 60.9 Å². The summed E-state index contributed by atoms with van der Waals surface area (Å²) in [4.78, 5) is 10.3. The topological polar surface area (TPSA) is 25.8 Å². The zero-order valence-corrected chi connectivity index (χ0v) is 31.6. The van der Waals surface area contributed by atoms with Crippen molar-refractivity contribution in [1.29, 1.82) is 0 Å². The summed E-state index contributed by atoms with van der Waals surface area (Å²) >= 11 is 6.78. The first-order valence-corrected chi connectivity index (χ1v) is 19.6. The second-order valence-corrected chi connectivity index (χ2v) is 15.0. The summed E-state index contributed by atoms with van der Waals surface area (Å²) in [5, 5.41) is 9.92. The van der Waals surface area contributed by atoms with Crippen molar-refractivity contribution in [2.45, 2.75) is 0 Å². The Balaban J connectivity index is 1.11. The van der Waals surface area contributed by atoms with Crippen molar-refractivity contribution >= 4 is 65.7 Å². The molecule has 0 amide bonds. The molecule has 0 N–H and O–H groups in total. The lowest BCUT2D eigenvalue weighted by atomic mass is 9.84. The van der Waals surface area contributed by atoms with Crippen LogP contribution in [-0.2, 0) is 0 Å². The fourth-order valence-electron chi connectivity index (χ4n) is 8.79. The maximum atomic E-state index is 6.78. The second kappa shape index (κ2) is 13.6. The van der Waals surface area contributed by atoms with Gasteiger partial charge in [0.2, 0.25) is 0 Å². The Hall–Kier alpha value is -7.13. The molecule has 0 atom stereocenters. The van der Waals surface area contributed by atoms with Gasteiger partial charge in [0, 0.05) is 16.3 Å². The molecule has 2 aromatic heterocycles. The molecule has 0 aliphatic heterocycles. The minimum absolute atomic E-state index is 0.442. The van der Waals surface area contributed by atoms with Crippen LogP contribution in [0.1, 0.15) is 0 Å². The number of rotatable bonds is 5. The van der Waals surface area contributed by atoms with Crippen LogP contribution in [0.2, 0.25) is 5.15 Å². The third kappa shape index (κ3) is 5.57. The first-order chi connectivity index (χ1) is 28.2. The van der Waals surface area contributed by atoms with E-state index >= 15 is 0 Å². The van der Waals surface area contributed by atoms with Crippen molar-refractivity contribution in [3.05, 3.63) is 205 Å². The molecule has 3 heteroatoms. The molecule has 0 spiro atoms. The third-order valence-corrected chi connectivity index (χ3v) is 11.5. The Bertz CT molecular complexity index is 3280. The van der Waals surface area contributed by atoms with E-state index in [4.69, 9.17) is 21.6 Å². The van der Waals surface area contributed by atoms with E-state index in [1.807, 2.05) is 12.1 Å². The van der Waals surface area contributed by atoms with Gasteiger partial charge in [-0.15, -0.1) is 0 Å². The van der Waals surface area contributed by atoms with Gasteiger partial charge < -0.3 is 0 Å². The molecule has 0 unspecified atom stereocenters. The lowest BCUT2D eigenvalue weighted by molar-refractivity contribution is 1.37. The van der Waals surface area contributed by atoms with Crippen LogP contribution in [0.3, 0.4) is 0 Å². The highest BCUT2D eigenvalue weighted by molar-refractivity contribution is 6.31. The van der Waals surface area contributed by atoms with Crippen LogP contribution in [0.4, 0.5) is 0 Å². The van der Waals surface area contributed by atoms with E-state index < -0.39 is 0 Å². The van der Waals surface area contributed by atoms with Crippen molar-refractivity contribution in [3.8, 4) is 55.8 Å². The van der Waals surface area contributed by atoms with Crippen LogP contribution in [0.5, 0.6) is 0 Å². The monoisotopic (exact) mass is 744 g/mol. The molecule has 0 bridgehead atoms. The van der Waals surface area contributed by atoms with Gasteiger partial charge in [0.25, 0.3) is 0 Å². The van der Waals surface area contributed by atoms with E-state index in [1.165, 1.54) is 49.0 Å². The van der Waals surface area contributed by atoms with Gasteiger partial charge in [0.1, 0.15) is 5.15 Å². The number of pyridine rings is 2. The lowest BCUT2D eigenvalue weighted by Gasteiger charge is -2.19. The molecule has 0 fully saturated rings. The van der Waals surface area contributed by atoms with Gasteiger partial charge >= 0.3 is 0 Å². The molecule has 0 aliphatic carbocycles. The largest absolute Gasteiger partial charge is 0.245 e. The molecule has 2 heterocycles. The summed E-state index contributed by atoms with van der Waals surface area (Å²) < 4.78 is 0. The van der Waals surface area contributed by atoms with Crippen LogP contribution >= 0.6 is 11.6 Å². The molecular formula is C54H33ClN2. The summed E-state index contributed by atoms with van der Waals surface area (Å²) in [6.45, 7) is 0. The number of aromatic nitrogens is 2. The highest BCUT2D eigenvalue weighted by Gasteiger charge is 2.19. The zero-order valence-electron chi connectivity index (χ0n) is 30.8. The molecule has 266 valence electrons. The molecule has 0 saturated carbocycles. The second-order valence-electron chi connectivity index (χ2n) is 14.6. The Kier molecular flexibility index (Phi) is 7.91. The van der Waals surface area contributed by atoms with Crippen LogP contribution in [0.25, 0.3) is 110 Å². The van der Waals surface area contributed by atoms with Crippen LogP contribution in [0, 0.1) is 0 Å². The maximum Gasteiger partial charge on any atom is 0.130 e. The van der Waals surface area contributed by atoms with Crippen molar-refractivity contribution in [2.75, 3.05) is 0 Å². The number of hydrogen-bond acceptors (Lipinski definition) is 2. The lowest BCUT2D eigenvalue weighted by Crippen LogP contribution is -1.94. The molecule has 11 aromatic rings. The Morgan fingerprint density at radius 1 is 0.298 bits per heavy atom. The van der Waals surface area contributed by atoms with Crippen molar-refractivity contribution < 1.29 is 0 Å². The summed E-state index contributed by atoms with van der Waals surface area (Å²) in [5.41, 5.74) is 12.8. The van der Waals surface area contributed by atoms with Gasteiger partial charge in [0.15, 0.2) is 0 Å². The Morgan fingerprint density at radius 2 is 0.772 bits per heavy atom. The van der Waals surface area contributed by atoms with Crippen molar-refractivity contribution in [3.63, 3.8) is 0 Å². The van der Waals surface area contributed by atoms with Gasteiger partial charge in [-0.3, -0.25) is 0 Å². The highest BCUT2D eigenvalue weighted by Crippen LogP contribution is 2.46. The smallest absolute Gasteiger partial charge is 0.130 e. The van der Waals surface area contributed by atoms with E-state index in [2.05, 4.69) is 188 Å². The average Bonchev–Trinajstić information content (AvgIpc) is 3.28. The van der Waals surface area contributed by atoms with Crippen LogP contribution in [0.15, 0.2) is 200 Å². The SMILES string of the molecule is Clc1cc(-c2ccccc2)c2ccc3c(-c4ccccc4)cc(-c4ccc(-c5c6ccccc6c(-c6cccc7ccccc67)c6ccccc56)cc4)nc3c2n1. The van der Waals surface area contributed by atoms with Gasteiger partial charge in [-0.2, -0.15) is 0 Å². The molecule has 0 aliphatic rings. The number of benzene rings is 9. The Labute approximate surface area is 335 Å². The first kappa shape index (κ1) is 33.2. The fourth-order valence-corrected chi connectivity index (χ4v) is 8.98. The minimum Gasteiger partial charge on any atom is -0.245 e. The van der Waals surface area contributed by atoms with Crippen molar-refractivity contribution in [1.82, 2.24) is 9.97 Å². The molecule has 0 radical (unpaired) electrons. The van der Waals surface area contributed by atoms with Gasteiger partial charge in [-0.05, 0) is 89.0 Å². The van der Waals surface area contributed by atoms with E-state index in [9.17, 15) is 0 Å². The zero-order chi connectivity index (χ0) is 37.9. The molecule has 57 heavy (non-hydrogen) atoms. The average molecular weight is 745 g/mol. The molecule has 0 saturated heterocycles. The van der Waals surface area contributed by atoms with Gasteiger partial charge in [-0.1, -0.05) is 200 Å². The van der Waals surface area contributed by atoms with E-state index in [-0.39, 0.29) is 0 Å². The Morgan fingerprint density at radius 3 is 1.39 bits per heavy atom. The summed E-state index contributed by atoms with van der Waals surface area (Å²) in [6.07, 6.45) is 0. The van der Waals surface area contributed by atoms with E-state index in [0.29, 0.717) is 5.15 Å². The van der Waals surface area contributed by atoms with Gasteiger partial charge in [0.05, 0.1) is 16.7 Å². The molecule has 2 nitrogen and oxygen atoms in total. The minimum atomic E-state index is 0.442. The quantitative estimate of drug-likeness (QED) is 0.0996. The number of halogens is 1. The van der Waals surface area contributed by atoms with Crippen molar-refractivity contribution in [2.24, 2.45) is 0 Å². The predicted molar refractivity (Wildman–Crippen MR) is 242 cm³/mol. The molecule has 11 rings (SSSR count). The summed E-state index contributed by atoms with van der Waals surface area (Å²) in [5.74, 6) is 0. The fraction of sp³-hybridized carbons (Fsp3) is 0. The predicted octanol–water partition coefficient (Wildman–Crippen LogP) is 15.2. The third-order valence-electron chi connectivity index (χ3n) is 11.4. The molecule has 9 aromatic carbocycles. The number of nitrogens with zero attached hydrogens (tertiary/aromatic N) is 2. The van der Waals surface area contributed by atoms with Crippen LogP contribution < -0.4 is 0 Å². The standard InChI is InChI=1S/C54H33ClN2/c55-50-33-48(36-16-5-2-6-17-36)46-31-30-45-47(35-14-3-1-4-15-35)32-49(56-53(45)54(46)57-50)37-26-28-38(29-27-37)51-41-21-9-11-23-43(41)52(44-24-12-10-22-42(44)51)40-25-13-19-34-18-7-8-20-39(34)40/h1-33H. The maximum absolute atomic E-state index is 6.78. The van der Waals surface area contributed by atoms with Crippen LogP contribution in [-0.4, -0.2) is 9.97 Å². The van der Waals surface area contributed by atoms with E-state index in [1.54, 1.807) is 0 Å².